The first-order valence-corrected chi connectivity index (χ1v) is 13.6. The van der Waals surface area contributed by atoms with Crippen LogP contribution in [-0.4, -0.2) is 33.5 Å². The predicted molar refractivity (Wildman–Crippen MR) is 149 cm³/mol. The molecule has 0 radical (unpaired) electrons. The maximum absolute atomic E-state index is 15.0. The lowest BCUT2D eigenvalue weighted by atomic mass is 9.83. The number of carbonyl (C=O) groups is 1. The lowest BCUT2D eigenvalue weighted by molar-refractivity contribution is -0.122. The van der Waals surface area contributed by atoms with Gasteiger partial charge in [0.1, 0.15) is 23.9 Å². The number of benzene rings is 1. The van der Waals surface area contributed by atoms with Crippen LogP contribution in [-0.2, 0) is 11.4 Å². The molecule has 0 bridgehead atoms. The van der Waals surface area contributed by atoms with Gasteiger partial charge in [-0.25, -0.2) is 14.1 Å². The molecule has 2 aliphatic rings. The number of methoxy groups -OCH3 is 1. The van der Waals surface area contributed by atoms with Gasteiger partial charge in [-0.3, -0.25) is 4.79 Å². The van der Waals surface area contributed by atoms with Crippen molar-refractivity contribution in [1.29, 1.82) is 0 Å². The molecule has 2 aromatic heterocycles. The Kier molecular flexibility index (Phi) is 8.95. The van der Waals surface area contributed by atoms with E-state index in [1.54, 1.807) is 36.3 Å². The summed E-state index contributed by atoms with van der Waals surface area (Å²) in [4.78, 5) is 12.8. The second kappa shape index (κ2) is 12.2. The summed E-state index contributed by atoms with van der Waals surface area (Å²) < 4.78 is 28.2. The zero-order valence-corrected chi connectivity index (χ0v) is 23.5. The van der Waals surface area contributed by atoms with Crippen molar-refractivity contribution in [2.45, 2.75) is 65.4 Å². The van der Waals surface area contributed by atoms with Gasteiger partial charge in [-0.05, 0) is 72.6 Å². The van der Waals surface area contributed by atoms with E-state index >= 15 is 0 Å². The first-order valence-electron chi connectivity index (χ1n) is 13.2. The molecule has 1 saturated carbocycles. The highest BCUT2D eigenvalue weighted by Crippen LogP contribution is 2.47. The molecule has 7 nitrogen and oxygen atoms in total. The van der Waals surface area contributed by atoms with Gasteiger partial charge < -0.3 is 14.6 Å². The van der Waals surface area contributed by atoms with Crippen molar-refractivity contribution in [3.05, 3.63) is 70.4 Å². The number of pyridine rings is 1. The molecule has 1 aromatic carbocycles. The average molecular weight is 556 g/mol. The van der Waals surface area contributed by atoms with E-state index in [0.29, 0.717) is 34.2 Å². The standard InChI is InChI=1S/C29H33ClFN3O2.CH2O2/c1-5-21(18-8-9-18)22-14-27(32-16-24(22)30)36-17-19-15-33-34(26-13-20(35-4)10-11-25(26)31)28(19)23-7-6-12-29(23,2)3;2-1-3/h7,10-11,13-16,18,21H,5-6,8-9,12,17H2,1-4H3;1H,(H,2,3). The highest BCUT2D eigenvalue weighted by molar-refractivity contribution is 6.31. The van der Waals surface area contributed by atoms with E-state index in [2.05, 4.69) is 36.9 Å². The van der Waals surface area contributed by atoms with Crippen LogP contribution in [0.2, 0.25) is 5.02 Å². The number of halogens is 2. The van der Waals surface area contributed by atoms with E-state index in [9.17, 15) is 4.39 Å². The number of nitrogens with zero attached hydrogens (tertiary/aromatic N) is 3. The molecule has 5 rings (SSSR count). The molecule has 1 atom stereocenters. The summed E-state index contributed by atoms with van der Waals surface area (Å²) in [5, 5.41) is 12.2. The van der Waals surface area contributed by atoms with Gasteiger partial charge in [-0.1, -0.05) is 38.4 Å². The minimum Gasteiger partial charge on any atom is -0.497 e. The summed E-state index contributed by atoms with van der Waals surface area (Å²) in [5.74, 6) is 1.88. The average Bonchev–Trinajstić information content (AvgIpc) is 3.57. The number of hydrogen-bond acceptors (Lipinski definition) is 5. The van der Waals surface area contributed by atoms with Crippen molar-refractivity contribution in [2.75, 3.05) is 7.11 Å². The number of carboxylic acid groups (broad SMARTS) is 1. The minimum atomic E-state index is -0.362. The fourth-order valence-corrected chi connectivity index (χ4v) is 5.64. The molecule has 0 spiro atoms. The topological polar surface area (TPSA) is 86.5 Å². The molecule has 0 aliphatic heterocycles. The Morgan fingerprint density at radius 2 is 2.03 bits per heavy atom. The molecule has 3 aromatic rings. The Balaban J connectivity index is 0.00000112. The third kappa shape index (κ3) is 6.27. The van der Waals surface area contributed by atoms with E-state index in [4.69, 9.17) is 31.0 Å². The predicted octanol–water partition coefficient (Wildman–Crippen LogP) is 7.46. The monoisotopic (exact) mass is 555 g/mol. The number of hydrogen-bond donors (Lipinski definition) is 1. The van der Waals surface area contributed by atoms with Crippen LogP contribution in [0.15, 0.2) is 42.7 Å². The molecule has 2 heterocycles. The van der Waals surface area contributed by atoms with E-state index in [1.807, 2.05) is 6.07 Å². The van der Waals surface area contributed by atoms with Gasteiger partial charge in [-0.2, -0.15) is 5.10 Å². The van der Waals surface area contributed by atoms with Crippen molar-refractivity contribution in [3.63, 3.8) is 0 Å². The highest BCUT2D eigenvalue weighted by Gasteiger charge is 2.34. The van der Waals surface area contributed by atoms with Crippen LogP contribution in [0, 0.1) is 17.2 Å². The first kappa shape index (κ1) is 28.6. The van der Waals surface area contributed by atoms with Crippen LogP contribution >= 0.6 is 11.6 Å². The van der Waals surface area contributed by atoms with Gasteiger partial charge in [0.05, 0.1) is 24.0 Å². The Morgan fingerprint density at radius 3 is 2.64 bits per heavy atom. The fourth-order valence-electron chi connectivity index (χ4n) is 5.40. The van der Waals surface area contributed by atoms with Crippen molar-refractivity contribution >= 4 is 23.6 Å². The summed E-state index contributed by atoms with van der Waals surface area (Å²) in [6.45, 7) is 6.65. The number of ether oxygens (including phenoxy) is 2. The molecule has 39 heavy (non-hydrogen) atoms. The molecule has 9 heteroatoms. The van der Waals surface area contributed by atoms with Crippen molar-refractivity contribution in [1.82, 2.24) is 14.8 Å². The lowest BCUT2D eigenvalue weighted by Gasteiger charge is -2.24. The lowest BCUT2D eigenvalue weighted by Crippen LogP contribution is -2.15. The number of rotatable bonds is 9. The largest absolute Gasteiger partial charge is 0.497 e. The third-order valence-electron chi connectivity index (χ3n) is 7.59. The maximum Gasteiger partial charge on any atom is 0.290 e. The Bertz CT molecular complexity index is 1350. The van der Waals surface area contributed by atoms with Gasteiger partial charge >= 0.3 is 0 Å². The molecule has 208 valence electrons. The van der Waals surface area contributed by atoms with Crippen LogP contribution in [0.25, 0.3) is 11.3 Å². The molecule has 1 N–H and O–H groups in total. The minimum absolute atomic E-state index is 0.0633. The molecule has 0 amide bonds. The maximum atomic E-state index is 15.0. The van der Waals surface area contributed by atoms with Gasteiger partial charge in [0.2, 0.25) is 5.88 Å². The normalized spacial score (nSPS) is 16.6. The molecule has 1 unspecified atom stereocenters. The quantitative estimate of drug-likeness (QED) is 0.276. The first-order chi connectivity index (χ1) is 18.7. The highest BCUT2D eigenvalue weighted by atomic mass is 35.5. The summed E-state index contributed by atoms with van der Waals surface area (Å²) in [5.41, 5.74) is 4.29. The van der Waals surface area contributed by atoms with E-state index < -0.39 is 0 Å². The molecular weight excluding hydrogens is 521 g/mol. The Hall–Kier alpha value is -3.39. The van der Waals surface area contributed by atoms with Crippen molar-refractivity contribution in [3.8, 4) is 17.3 Å². The molecular formula is C30H35ClFN3O4. The fraction of sp³-hybridized carbons (Fsp3) is 0.433. The third-order valence-corrected chi connectivity index (χ3v) is 7.91. The van der Waals surface area contributed by atoms with Crippen LogP contribution in [0.5, 0.6) is 11.6 Å². The Morgan fingerprint density at radius 1 is 1.28 bits per heavy atom. The van der Waals surface area contributed by atoms with Crippen LogP contribution < -0.4 is 9.47 Å². The number of allylic oxidation sites excluding steroid dienone is 2. The summed E-state index contributed by atoms with van der Waals surface area (Å²) in [6.07, 6.45) is 11.2. The Labute approximate surface area is 233 Å². The second-order valence-corrected chi connectivity index (χ2v) is 11.0. The zero-order chi connectivity index (χ0) is 28.2. The zero-order valence-electron chi connectivity index (χ0n) is 22.8. The second-order valence-electron chi connectivity index (χ2n) is 10.6. The van der Waals surface area contributed by atoms with Crippen molar-refractivity contribution < 1.29 is 23.8 Å². The van der Waals surface area contributed by atoms with E-state index in [-0.39, 0.29) is 24.3 Å². The molecule has 0 saturated heterocycles. The van der Waals surface area contributed by atoms with Gasteiger partial charge in [0, 0.05) is 23.9 Å². The van der Waals surface area contributed by atoms with Crippen LogP contribution in [0.4, 0.5) is 4.39 Å². The van der Waals surface area contributed by atoms with Crippen LogP contribution in [0.1, 0.15) is 75.6 Å². The van der Waals surface area contributed by atoms with Gasteiger partial charge in [0.15, 0.2) is 0 Å². The smallest absolute Gasteiger partial charge is 0.290 e. The molecule has 1 fully saturated rings. The summed E-state index contributed by atoms with van der Waals surface area (Å²) in [6, 6.07) is 6.68. The summed E-state index contributed by atoms with van der Waals surface area (Å²) in [7, 11) is 1.57. The molecule has 2 aliphatic carbocycles. The van der Waals surface area contributed by atoms with E-state index in [1.165, 1.54) is 18.9 Å². The van der Waals surface area contributed by atoms with Gasteiger partial charge in [-0.15, -0.1) is 0 Å². The van der Waals surface area contributed by atoms with E-state index in [0.717, 1.165) is 41.7 Å². The van der Waals surface area contributed by atoms with Gasteiger partial charge in [0.25, 0.3) is 6.47 Å². The van der Waals surface area contributed by atoms with Crippen molar-refractivity contribution in [2.24, 2.45) is 11.3 Å². The summed E-state index contributed by atoms with van der Waals surface area (Å²) >= 11 is 6.53. The van der Waals surface area contributed by atoms with Crippen LogP contribution in [0.3, 0.4) is 0 Å². The SMILES string of the molecule is CCC(c1cc(OCc2cnn(-c3cc(OC)ccc3F)c2C2=CCCC2(C)C)ncc1Cl)C1CC1.O=CO. The number of aromatic nitrogens is 3.